The molecule has 0 fully saturated rings. The van der Waals surface area contributed by atoms with Gasteiger partial charge >= 0.3 is 0 Å². The van der Waals surface area contributed by atoms with Crippen molar-refractivity contribution < 1.29 is 9.53 Å². The minimum Gasteiger partial charge on any atom is -0.456 e. The molecule has 21 heavy (non-hydrogen) atoms. The average molecular weight is 285 g/mol. The Labute approximate surface area is 124 Å². The van der Waals surface area contributed by atoms with Crippen LogP contribution in [0.15, 0.2) is 42.7 Å². The zero-order valence-electron chi connectivity index (χ0n) is 12.2. The Bertz CT molecular complexity index is 597. The van der Waals surface area contributed by atoms with E-state index >= 15 is 0 Å². The zero-order valence-corrected chi connectivity index (χ0v) is 12.2. The largest absolute Gasteiger partial charge is 0.456 e. The molecule has 0 atom stereocenters. The van der Waals surface area contributed by atoms with E-state index in [4.69, 9.17) is 4.74 Å². The van der Waals surface area contributed by atoms with Crippen LogP contribution in [0.25, 0.3) is 0 Å². The van der Waals surface area contributed by atoms with Crippen molar-refractivity contribution in [3.63, 3.8) is 0 Å². The summed E-state index contributed by atoms with van der Waals surface area (Å²) in [6, 6.07) is 9.39. The Hall–Kier alpha value is -2.40. The number of pyridine rings is 1. The SMILES string of the molecule is CNCCNC(=O)c1cncc(Oc2ccc(C)cc2)c1. The molecule has 2 aromatic rings. The molecular weight excluding hydrogens is 266 g/mol. The number of rotatable bonds is 6. The van der Waals surface area contributed by atoms with Crippen molar-refractivity contribution in [1.82, 2.24) is 15.6 Å². The van der Waals surface area contributed by atoms with Gasteiger partial charge in [0.05, 0.1) is 11.8 Å². The Morgan fingerprint density at radius 3 is 2.62 bits per heavy atom. The van der Waals surface area contributed by atoms with Crippen molar-refractivity contribution >= 4 is 5.91 Å². The van der Waals surface area contributed by atoms with Crippen LogP contribution < -0.4 is 15.4 Å². The minimum absolute atomic E-state index is 0.160. The van der Waals surface area contributed by atoms with Crippen molar-refractivity contribution in [2.24, 2.45) is 0 Å². The maximum absolute atomic E-state index is 11.9. The fourth-order valence-electron chi connectivity index (χ4n) is 1.74. The van der Waals surface area contributed by atoms with Gasteiger partial charge in [-0.2, -0.15) is 0 Å². The Kier molecular flexibility index (Phi) is 5.29. The standard InChI is InChI=1S/C16H19N3O2/c1-12-3-5-14(6-4-12)21-15-9-13(10-18-11-15)16(20)19-8-7-17-2/h3-6,9-11,17H,7-8H2,1-2H3,(H,19,20). The molecule has 1 amide bonds. The lowest BCUT2D eigenvalue weighted by molar-refractivity contribution is 0.0953. The molecule has 0 radical (unpaired) electrons. The molecule has 0 aliphatic carbocycles. The first-order chi connectivity index (χ1) is 10.2. The number of benzene rings is 1. The Morgan fingerprint density at radius 2 is 1.90 bits per heavy atom. The zero-order chi connectivity index (χ0) is 15.1. The highest BCUT2D eigenvalue weighted by molar-refractivity contribution is 5.94. The predicted molar refractivity (Wildman–Crippen MR) is 81.7 cm³/mol. The van der Waals surface area contributed by atoms with Crippen LogP contribution in [-0.2, 0) is 0 Å². The van der Waals surface area contributed by atoms with Crippen LogP contribution in [-0.4, -0.2) is 31.0 Å². The quantitative estimate of drug-likeness (QED) is 0.798. The van der Waals surface area contributed by atoms with Gasteiger partial charge in [-0.15, -0.1) is 0 Å². The predicted octanol–water partition coefficient (Wildman–Crippen LogP) is 2.13. The van der Waals surface area contributed by atoms with E-state index in [1.54, 1.807) is 12.3 Å². The first-order valence-corrected chi connectivity index (χ1v) is 6.81. The Morgan fingerprint density at radius 1 is 1.14 bits per heavy atom. The maximum Gasteiger partial charge on any atom is 0.253 e. The summed E-state index contributed by atoms with van der Waals surface area (Å²) in [5.41, 5.74) is 1.65. The van der Waals surface area contributed by atoms with E-state index in [-0.39, 0.29) is 5.91 Å². The molecule has 1 aromatic heterocycles. The molecule has 2 rings (SSSR count). The van der Waals surface area contributed by atoms with Crippen molar-refractivity contribution in [2.75, 3.05) is 20.1 Å². The fourth-order valence-corrected chi connectivity index (χ4v) is 1.74. The van der Waals surface area contributed by atoms with Crippen molar-refractivity contribution in [3.8, 4) is 11.5 Å². The van der Waals surface area contributed by atoms with Crippen molar-refractivity contribution in [1.29, 1.82) is 0 Å². The van der Waals surface area contributed by atoms with Crippen molar-refractivity contribution in [3.05, 3.63) is 53.9 Å². The average Bonchev–Trinajstić information content (AvgIpc) is 2.50. The van der Waals surface area contributed by atoms with Crippen LogP contribution in [0, 0.1) is 6.92 Å². The van der Waals surface area contributed by atoms with Crippen LogP contribution >= 0.6 is 0 Å². The van der Waals surface area contributed by atoms with E-state index in [9.17, 15) is 4.79 Å². The number of carbonyl (C=O) groups excluding carboxylic acids is 1. The van der Waals surface area contributed by atoms with E-state index < -0.39 is 0 Å². The highest BCUT2D eigenvalue weighted by Gasteiger charge is 2.07. The fraction of sp³-hybridized carbons (Fsp3) is 0.250. The molecule has 0 aliphatic rings. The second-order valence-electron chi connectivity index (χ2n) is 4.68. The third kappa shape index (κ3) is 4.57. The summed E-state index contributed by atoms with van der Waals surface area (Å²) >= 11 is 0. The molecule has 5 nitrogen and oxygen atoms in total. The van der Waals surface area contributed by atoms with Gasteiger partial charge in [-0.25, -0.2) is 0 Å². The summed E-state index contributed by atoms with van der Waals surface area (Å²) < 4.78 is 5.69. The van der Waals surface area contributed by atoms with Gasteiger partial charge < -0.3 is 15.4 Å². The van der Waals surface area contributed by atoms with Gasteiger partial charge in [-0.05, 0) is 32.2 Å². The third-order valence-electron chi connectivity index (χ3n) is 2.89. The molecule has 0 bridgehead atoms. The van der Waals surface area contributed by atoms with E-state index in [0.717, 1.165) is 17.9 Å². The molecule has 5 heteroatoms. The monoisotopic (exact) mass is 285 g/mol. The summed E-state index contributed by atoms with van der Waals surface area (Å²) in [5.74, 6) is 1.10. The normalized spacial score (nSPS) is 10.2. The Balaban J connectivity index is 2.03. The van der Waals surface area contributed by atoms with Gasteiger partial charge in [0.1, 0.15) is 11.5 Å². The van der Waals surface area contributed by atoms with E-state index in [0.29, 0.717) is 17.9 Å². The van der Waals surface area contributed by atoms with Crippen LogP contribution in [0.2, 0.25) is 0 Å². The lowest BCUT2D eigenvalue weighted by Gasteiger charge is -2.08. The number of carbonyl (C=O) groups is 1. The number of aromatic nitrogens is 1. The number of nitrogens with zero attached hydrogens (tertiary/aromatic N) is 1. The van der Waals surface area contributed by atoms with Gasteiger partial charge in [-0.3, -0.25) is 9.78 Å². The number of amides is 1. The molecular formula is C16H19N3O2. The molecule has 0 saturated heterocycles. The van der Waals surface area contributed by atoms with Gasteiger partial charge in [0.25, 0.3) is 5.91 Å². The first kappa shape index (κ1) is 15.0. The van der Waals surface area contributed by atoms with Crippen LogP contribution in [0.5, 0.6) is 11.5 Å². The number of likely N-dealkylation sites (N-methyl/N-ethyl adjacent to an activating group) is 1. The summed E-state index contributed by atoms with van der Waals surface area (Å²) in [6.45, 7) is 3.30. The molecule has 1 heterocycles. The molecule has 2 N–H and O–H groups in total. The second kappa shape index (κ2) is 7.40. The van der Waals surface area contributed by atoms with Gasteiger partial charge in [0, 0.05) is 19.3 Å². The lowest BCUT2D eigenvalue weighted by atomic mass is 10.2. The van der Waals surface area contributed by atoms with E-state index in [1.165, 1.54) is 6.20 Å². The number of nitrogens with one attached hydrogen (secondary N) is 2. The highest BCUT2D eigenvalue weighted by Crippen LogP contribution is 2.21. The van der Waals surface area contributed by atoms with Crippen LogP contribution in [0.3, 0.4) is 0 Å². The van der Waals surface area contributed by atoms with Crippen molar-refractivity contribution in [2.45, 2.75) is 6.92 Å². The smallest absolute Gasteiger partial charge is 0.253 e. The summed E-state index contributed by atoms with van der Waals surface area (Å²) in [7, 11) is 1.84. The summed E-state index contributed by atoms with van der Waals surface area (Å²) in [4.78, 5) is 16.0. The minimum atomic E-state index is -0.160. The first-order valence-electron chi connectivity index (χ1n) is 6.81. The molecule has 110 valence electrons. The lowest BCUT2D eigenvalue weighted by Crippen LogP contribution is -2.30. The van der Waals surface area contributed by atoms with Crippen LogP contribution in [0.4, 0.5) is 0 Å². The van der Waals surface area contributed by atoms with E-state index in [1.807, 2.05) is 38.2 Å². The second-order valence-corrected chi connectivity index (χ2v) is 4.68. The summed E-state index contributed by atoms with van der Waals surface area (Å²) in [6.07, 6.45) is 3.11. The number of aryl methyl sites for hydroxylation is 1. The maximum atomic E-state index is 11.9. The molecule has 0 spiro atoms. The molecule has 1 aromatic carbocycles. The summed E-state index contributed by atoms with van der Waals surface area (Å²) in [5, 5.41) is 5.77. The molecule has 0 saturated carbocycles. The number of ether oxygens (including phenoxy) is 1. The van der Waals surface area contributed by atoms with Gasteiger partial charge in [0.2, 0.25) is 0 Å². The number of hydrogen-bond donors (Lipinski definition) is 2. The molecule has 0 aliphatic heterocycles. The van der Waals surface area contributed by atoms with Gasteiger partial charge in [-0.1, -0.05) is 17.7 Å². The topological polar surface area (TPSA) is 63.2 Å². The highest BCUT2D eigenvalue weighted by atomic mass is 16.5. The van der Waals surface area contributed by atoms with Gasteiger partial charge in [0.15, 0.2) is 0 Å². The van der Waals surface area contributed by atoms with E-state index in [2.05, 4.69) is 15.6 Å². The van der Waals surface area contributed by atoms with Crippen LogP contribution in [0.1, 0.15) is 15.9 Å². The molecule has 0 unspecified atom stereocenters. The number of hydrogen-bond acceptors (Lipinski definition) is 4. The third-order valence-corrected chi connectivity index (χ3v) is 2.89.